The summed E-state index contributed by atoms with van der Waals surface area (Å²) in [6, 6.07) is 10.1. The zero-order valence-electron chi connectivity index (χ0n) is 27.7. The number of alkyl carbamates (subject to hydrolysis) is 1. The van der Waals surface area contributed by atoms with Crippen molar-refractivity contribution < 1.29 is 93.1 Å². The minimum atomic E-state index is -5.09. The molecule has 0 radical (unpaired) electrons. The van der Waals surface area contributed by atoms with Crippen molar-refractivity contribution >= 4 is 28.1 Å². The van der Waals surface area contributed by atoms with Crippen molar-refractivity contribution in [3.05, 3.63) is 60.2 Å². The number of nitrogens with zero attached hydrogens (tertiary/aromatic N) is 1. The first-order valence-corrected chi connectivity index (χ1v) is 16.6. The van der Waals surface area contributed by atoms with Gasteiger partial charge in [-0.3, -0.25) is 15.2 Å². The number of fused-ring (bicyclic) bond motifs is 1. The van der Waals surface area contributed by atoms with Gasteiger partial charge in [0, 0.05) is 12.2 Å². The van der Waals surface area contributed by atoms with E-state index in [1.165, 1.54) is 24.3 Å². The van der Waals surface area contributed by atoms with Gasteiger partial charge in [0.2, 0.25) is 10.0 Å². The third kappa shape index (κ3) is 6.87. The lowest BCUT2D eigenvalue weighted by Gasteiger charge is -2.44. The number of ether oxygens (including phenoxy) is 4. The minimum Gasteiger partial charge on any atom is -0.404 e. The molecule has 2 aliphatic rings. The van der Waals surface area contributed by atoms with Crippen molar-refractivity contribution in [3.8, 4) is 0 Å². The average Bonchev–Trinajstić information content (AvgIpc) is 3.21. The molecule has 2 aromatic carbocycles. The third-order valence-electron chi connectivity index (χ3n) is 8.62. The zero-order chi connectivity index (χ0) is 40.3. The minimum absolute atomic E-state index is 0.0382. The summed E-state index contributed by atoms with van der Waals surface area (Å²) in [6.07, 6.45) is -4.27. The van der Waals surface area contributed by atoms with E-state index in [0.29, 0.717) is 5.56 Å². The van der Waals surface area contributed by atoms with Gasteiger partial charge in [-0.1, -0.05) is 30.3 Å². The van der Waals surface area contributed by atoms with Crippen molar-refractivity contribution in [2.45, 2.75) is 83.9 Å². The first-order chi connectivity index (χ1) is 24.0. The topological polar surface area (TPSA) is 395 Å². The molecule has 296 valence electrons. The number of nitrogens with one attached hydrogen (secondary N) is 1. The Hall–Kier alpha value is -3.51. The van der Waals surface area contributed by atoms with Crippen molar-refractivity contribution in [3.63, 3.8) is 0 Å². The average molecular weight is 781 g/mol. The molecule has 23 nitrogen and oxygen atoms in total. The van der Waals surface area contributed by atoms with E-state index in [2.05, 4.69) is 14.2 Å². The summed E-state index contributed by atoms with van der Waals surface area (Å²) in [6.45, 7) is -0.429. The zero-order valence-corrected chi connectivity index (χ0v) is 28.6. The smallest absolute Gasteiger partial charge is 0.404 e. The quantitative estimate of drug-likeness (QED) is 0.0481. The fourth-order valence-corrected chi connectivity index (χ4v) is 7.20. The Morgan fingerprint density at radius 3 is 2.06 bits per heavy atom. The highest BCUT2D eigenvalue weighted by atomic mass is 32.2. The fourth-order valence-electron chi connectivity index (χ4n) is 5.56. The van der Waals surface area contributed by atoms with E-state index >= 15 is 0 Å². The Balaban J connectivity index is 1.81. The van der Waals surface area contributed by atoms with Crippen LogP contribution < -0.4 is 16.8 Å². The lowest BCUT2D eigenvalue weighted by molar-refractivity contribution is -0.501. The van der Waals surface area contributed by atoms with Gasteiger partial charge in [-0.25, -0.2) is 13.2 Å². The van der Waals surface area contributed by atoms with E-state index in [9.17, 15) is 74.2 Å². The van der Waals surface area contributed by atoms with Crippen LogP contribution in [0.15, 0.2) is 59.5 Å². The van der Waals surface area contributed by atoms with Gasteiger partial charge in [-0.2, -0.15) is 0 Å². The number of hydrogen-bond donors (Lipinski definition) is 14. The number of nitrogens with two attached hydrogens (primary N) is 2. The molecule has 1 amide bonds. The van der Waals surface area contributed by atoms with E-state index in [1.54, 1.807) is 6.07 Å². The number of amides is 1. The highest BCUT2D eigenvalue weighted by Crippen LogP contribution is 2.61. The molecule has 0 spiro atoms. The molecule has 2 saturated heterocycles. The second-order valence-electron chi connectivity index (χ2n) is 12.8. The van der Waals surface area contributed by atoms with Gasteiger partial charge in [-0.05, 0) is 50.1 Å². The maximum Gasteiger partial charge on any atom is 0.410 e. The summed E-state index contributed by atoms with van der Waals surface area (Å²) in [5.74, 6) is -25.6. The normalized spacial score (nSPS) is 29.3. The van der Waals surface area contributed by atoms with Crippen LogP contribution in [0.1, 0.15) is 19.4 Å². The number of aliphatic hydroxyl groups is 11. The van der Waals surface area contributed by atoms with Crippen LogP contribution in [-0.2, 0) is 40.2 Å². The molecule has 0 aliphatic carbocycles. The van der Waals surface area contributed by atoms with E-state index < -0.39 is 99.3 Å². The van der Waals surface area contributed by atoms with Crippen molar-refractivity contribution in [1.29, 1.82) is 0 Å². The Kier molecular flexibility index (Phi) is 10.9. The van der Waals surface area contributed by atoms with Crippen molar-refractivity contribution in [2.75, 3.05) is 18.9 Å². The van der Waals surface area contributed by atoms with Crippen LogP contribution >= 0.6 is 0 Å². The molecule has 0 saturated carbocycles. The molecular weight excluding hydrogens is 740 g/mol. The maximum atomic E-state index is 14.0. The number of hydrogen-bond acceptors (Lipinski definition) is 21. The number of carbonyl (C=O) groups is 2. The van der Waals surface area contributed by atoms with Gasteiger partial charge in [0.15, 0.2) is 0 Å². The Morgan fingerprint density at radius 2 is 1.53 bits per heavy atom. The van der Waals surface area contributed by atoms with Crippen molar-refractivity contribution in [2.24, 2.45) is 5.73 Å². The molecule has 0 bridgehead atoms. The lowest BCUT2D eigenvalue weighted by Crippen LogP contribution is -2.79. The van der Waals surface area contributed by atoms with Gasteiger partial charge in [0.1, 0.15) is 18.5 Å². The van der Waals surface area contributed by atoms with E-state index in [-0.39, 0.29) is 16.3 Å². The molecule has 2 aliphatic heterocycles. The van der Waals surface area contributed by atoms with Gasteiger partial charge in [-0.15, -0.1) is 4.31 Å². The summed E-state index contributed by atoms with van der Waals surface area (Å²) >= 11 is 0. The van der Waals surface area contributed by atoms with Crippen LogP contribution in [0.4, 0.5) is 10.5 Å². The van der Waals surface area contributed by atoms with Crippen LogP contribution in [-0.4, -0.2) is 153 Å². The number of benzene rings is 2. The first kappa shape index (κ1) is 42.2. The largest absolute Gasteiger partial charge is 0.410 e. The summed E-state index contributed by atoms with van der Waals surface area (Å²) in [5.41, 5.74) is 3.99. The fraction of sp³-hybridized carbons (Fsp3) is 0.517. The predicted molar refractivity (Wildman–Crippen MR) is 168 cm³/mol. The number of rotatable bonds is 14. The van der Waals surface area contributed by atoms with E-state index in [0.717, 1.165) is 38.1 Å². The van der Waals surface area contributed by atoms with Crippen LogP contribution in [0.5, 0.6) is 0 Å². The number of sulfonamides is 1. The molecule has 16 N–H and O–H groups in total. The van der Waals surface area contributed by atoms with E-state index in [4.69, 9.17) is 16.2 Å². The maximum absolute atomic E-state index is 14.0. The summed E-state index contributed by atoms with van der Waals surface area (Å²) in [4.78, 5) is 24.4. The monoisotopic (exact) mass is 780 g/mol. The highest BCUT2D eigenvalue weighted by Gasteiger charge is 2.98. The van der Waals surface area contributed by atoms with Gasteiger partial charge >= 0.3 is 23.8 Å². The third-order valence-corrected chi connectivity index (χ3v) is 10.5. The molecule has 53 heavy (non-hydrogen) atoms. The summed E-state index contributed by atoms with van der Waals surface area (Å²) in [7, 11) is -5.09. The Labute approximate surface area is 299 Å². The van der Waals surface area contributed by atoms with Crippen LogP contribution in [0, 0.1) is 0 Å². The standard InChI is InChI=1S/C29H40N4O19S/c1-22(2,36)27(42,43)33(53(47,48)18-10-8-17(30)9-11-18)15-20(49-13-12-34)19(14-16-6-4-3-5-7-16)32-21(35)50-25(40)23(37)24(38,39)26(31,41)51-29(23,46)52-28(25,44)45/h3-12,19-20,36-46H,13-15,30-31H2,1-2H3,(H,32,35). The molecule has 24 heteroatoms. The Bertz CT molecular complexity index is 1770. The highest BCUT2D eigenvalue weighted by molar-refractivity contribution is 7.89. The molecule has 0 aromatic heterocycles. The number of nitrogen functional groups attached to an aromatic ring is 1. The molecule has 6 atom stereocenters. The Morgan fingerprint density at radius 1 is 0.962 bits per heavy atom. The molecule has 2 fully saturated rings. The molecule has 2 heterocycles. The summed E-state index contributed by atoms with van der Waals surface area (Å²) < 4.78 is 46.5. The van der Waals surface area contributed by atoms with Crippen LogP contribution in [0.3, 0.4) is 0 Å². The lowest BCUT2D eigenvalue weighted by atomic mass is 9.82. The van der Waals surface area contributed by atoms with Crippen molar-refractivity contribution in [1.82, 2.24) is 9.62 Å². The molecule has 2 aromatic rings. The van der Waals surface area contributed by atoms with Gasteiger partial charge in [0.25, 0.3) is 23.2 Å². The van der Waals surface area contributed by atoms with Crippen LogP contribution in [0.2, 0.25) is 0 Å². The second-order valence-corrected chi connectivity index (χ2v) is 14.6. The first-order valence-electron chi connectivity index (χ1n) is 15.2. The summed E-state index contributed by atoms with van der Waals surface area (Å²) in [5, 5.41) is 120. The predicted octanol–water partition coefficient (Wildman–Crippen LogP) is -6.36. The number of aldehydes is 1. The van der Waals surface area contributed by atoms with Gasteiger partial charge < -0.3 is 81.5 Å². The van der Waals surface area contributed by atoms with E-state index in [1.807, 2.05) is 5.32 Å². The number of carbonyl (C=O) groups excluding carboxylic acids is 2. The van der Waals surface area contributed by atoms with Gasteiger partial charge in [0.05, 0.1) is 17.0 Å². The van der Waals surface area contributed by atoms with Crippen LogP contribution in [0.25, 0.3) is 0 Å². The SMILES string of the molecule is CC(C)(O)C(O)(O)N(CC(OCC=O)C(Cc1ccccc1)NC(=O)OC1(O)C(O)(O)OC2(O)OC(N)(O)C(O)(O)C21O)S(=O)(=O)c1ccc(N)cc1. The second kappa shape index (κ2) is 13.7. The molecule has 6 unspecified atom stereocenters. The molecule has 4 rings (SSSR count). The number of anilines is 1. The molecular formula is C29H40N4O19S.